The summed E-state index contributed by atoms with van der Waals surface area (Å²) in [5, 5.41) is 16.5. The Morgan fingerprint density at radius 1 is 1.42 bits per heavy atom. The van der Waals surface area contributed by atoms with Crippen LogP contribution in [-0.4, -0.2) is 21.0 Å². The van der Waals surface area contributed by atoms with Crippen LogP contribution in [0, 0.1) is 22.9 Å². The van der Waals surface area contributed by atoms with Gasteiger partial charge in [0.05, 0.1) is 4.92 Å². The number of nitrogens with zero attached hydrogens (tertiary/aromatic N) is 3. The van der Waals surface area contributed by atoms with Crippen molar-refractivity contribution in [3.63, 3.8) is 0 Å². The highest BCUT2D eigenvalue weighted by molar-refractivity contribution is 7.18. The number of aromatic nitrogens is 2. The maximum Gasteiger partial charge on any atom is 0.345 e. The summed E-state index contributed by atoms with van der Waals surface area (Å²) in [4.78, 5) is 25.8. The molecule has 0 unspecified atom stereocenters. The predicted molar refractivity (Wildman–Crippen MR) is 83.4 cm³/mol. The van der Waals surface area contributed by atoms with Crippen LogP contribution in [0.25, 0.3) is 11.3 Å². The van der Waals surface area contributed by atoms with E-state index < -0.39 is 16.6 Å². The van der Waals surface area contributed by atoms with Gasteiger partial charge in [-0.15, -0.1) is 0 Å². The molecule has 2 heterocycles. The third-order valence-electron chi connectivity index (χ3n) is 3.09. The van der Waals surface area contributed by atoms with Gasteiger partial charge in [0, 0.05) is 11.6 Å². The van der Waals surface area contributed by atoms with E-state index in [1.165, 1.54) is 12.1 Å². The monoisotopic (exact) mass is 348 g/mol. The molecule has 1 amide bonds. The Morgan fingerprint density at radius 3 is 2.88 bits per heavy atom. The maximum atomic E-state index is 13.6. The van der Waals surface area contributed by atoms with E-state index in [1.54, 1.807) is 19.1 Å². The number of anilines is 1. The quantitative estimate of drug-likeness (QED) is 0.571. The number of thiazole rings is 1. The summed E-state index contributed by atoms with van der Waals surface area (Å²) in [6.45, 7) is 1.63. The first-order valence-corrected chi connectivity index (χ1v) is 7.40. The number of carbonyl (C=O) groups excluding carboxylic acids is 1. The van der Waals surface area contributed by atoms with Crippen molar-refractivity contribution in [1.29, 1.82) is 0 Å². The summed E-state index contributed by atoms with van der Waals surface area (Å²) in [7, 11) is 0. The standard InChI is InChI=1S/C14H9FN4O4S/c1-7-2-3-8(4-9(7)15)11-5-10(18-23-11)13(20)17-14-16-6-12(24-14)19(21)22/h2-6H,1H3,(H,16,17,20). The Morgan fingerprint density at radius 2 is 2.21 bits per heavy atom. The van der Waals surface area contributed by atoms with Crippen LogP contribution in [0.1, 0.15) is 16.1 Å². The number of benzene rings is 1. The van der Waals surface area contributed by atoms with Crippen molar-refractivity contribution in [1.82, 2.24) is 10.1 Å². The minimum atomic E-state index is -0.637. The van der Waals surface area contributed by atoms with Crippen molar-refractivity contribution in [3.05, 3.63) is 57.7 Å². The van der Waals surface area contributed by atoms with Crippen molar-refractivity contribution < 1.29 is 18.6 Å². The van der Waals surface area contributed by atoms with E-state index in [1.807, 2.05) is 0 Å². The molecule has 0 spiro atoms. The summed E-state index contributed by atoms with van der Waals surface area (Å²) in [5.41, 5.74) is 0.875. The number of hydrogen-bond acceptors (Lipinski definition) is 7. The minimum Gasteiger partial charge on any atom is -0.355 e. The van der Waals surface area contributed by atoms with Crippen LogP contribution in [0.3, 0.4) is 0 Å². The van der Waals surface area contributed by atoms with E-state index >= 15 is 0 Å². The van der Waals surface area contributed by atoms with Gasteiger partial charge in [-0.3, -0.25) is 20.2 Å². The molecule has 0 aliphatic heterocycles. The molecule has 0 atom stereocenters. The number of halogens is 1. The molecule has 0 fully saturated rings. The second-order valence-corrected chi connectivity index (χ2v) is 5.76. The van der Waals surface area contributed by atoms with E-state index in [0.717, 1.165) is 17.5 Å². The zero-order chi connectivity index (χ0) is 17.3. The largest absolute Gasteiger partial charge is 0.355 e. The van der Waals surface area contributed by atoms with Crippen LogP contribution in [0.2, 0.25) is 0 Å². The summed E-state index contributed by atoms with van der Waals surface area (Å²) < 4.78 is 18.6. The lowest BCUT2D eigenvalue weighted by Gasteiger charge is -1.98. The Kier molecular flexibility index (Phi) is 4.04. The first-order valence-electron chi connectivity index (χ1n) is 6.59. The molecule has 3 aromatic rings. The summed E-state index contributed by atoms with van der Waals surface area (Å²) in [6.07, 6.45) is 1.05. The van der Waals surface area contributed by atoms with Crippen molar-refractivity contribution in [2.75, 3.05) is 5.32 Å². The molecule has 0 saturated carbocycles. The Bertz CT molecular complexity index is 937. The van der Waals surface area contributed by atoms with Crippen molar-refractivity contribution in [2.24, 2.45) is 0 Å². The average Bonchev–Trinajstić information content (AvgIpc) is 3.19. The van der Waals surface area contributed by atoms with Gasteiger partial charge in [0.2, 0.25) is 0 Å². The molecular weight excluding hydrogens is 339 g/mol. The first-order chi connectivity index (χ1) is 11.4. The van der Waals surface area contributed by atoms with E-state index in [2.05, 4.69) is 15.5 Å². The fourth-order valence-corrected chi connectivity index (χ4v) is 2.46. The summed E-state index contributed by atoms with van der Waals surface area (Å²) in [6, 6.07) is 5.86. The second kappa shape index (κ2) is 6.16. The fourth-order valence-electron chi connectivity index (χ4n) is 1.83. The molecule has 24 heavy (non-hydrogen) atoms. The van der Waals surface area contributed by atoms with Gasteiger partial charge in [-0.25, -0.2) is 9.37 Å². The topological polar surface area (TPSA) is 111 Å². The van der Waals surface area contributed by atoms with E-state index in [9.17, 15) is 19.3 Å². The van der Waals surface area contributed by atoms with E-state index in [0.29, 0.717) is 11.1 Å². The lowest BCUT2D eigenvalue weighted by Crippen LogP contribution is -2.11. The molecule has 8 nitrogen and oxygen atoms in total. The lowest BCUT2D eigenvalue weighted by atomic mass is 10.1. The molecule has 1 N–H and O–H groups in total. The van der Waals surface area contributed by atoms with Gasteiger partial charge in [0.25, 0.3) is 5.91 Å². The van der Waals surface area contributed by atoms with Crippen LogP contribution in [0.5, 0.6) is 0 Å². The van der Waals surface area contributed by atoms with Gasteiger partial charge in [-0.2, -0.15) is 0 Å². The Labute approximate surface area is 138 Å². The predicted octanol–water partition coefficient (Wildman–Crippen LogP) is 3.41. The number of carbonyl (C=O) groups is 1. The second-order valence-electron chi connectivity index (χ2n) is 4.76. The fraction of sp³-hybridized carbons (Fsp3) is 0.0714. The highest BCUT2D eigenvalue weighted by Gasteiger charge is 2.18. The molecule has 10 heteroatoms. The third-order valence-corrected chi connectivity index (χ3v) is 3.96. The van der Waals surface area contributed by atoms with E-state index in [-0.39, 0.29) is 21.6 Å². The van der Waals surface area contributed by atoms with Gasteiger partial charge >= 0.3 is 5.00 Å². The van der Waals surface area contributed by atoms with Crippen LogP contribution in [0.4, 0.5) is 14.5 Å². The highest BCUT2D eigenvalue weighted by Crippen LogP contribution is 2.26. The molecule has 0 bridgehead atoms. The molecule has 3 rings (SSSR count). The van der Waals surface area contributed by atoms with Crippen LogP contribution in [0.15, 0.2) is 35.0 Å². The molecular formula is C14H9FN4O4S. The Balaban J connectivity index is 1.77. The molecule has 0 aliphatic rings. The van der Waals surface area contributed by atoms with Gasteiger partial charge in [0.1, 0.15) is 12.0 Å². The number of aryl methyl sites for hydroxylation is 1. The number of hydrogen-bond donors (Lipinski definition) is 1. The van der Waals surface area contributed by atoms with Crippen molar-refractivity contribution in [3.8, 4) is 11.3 Å². The van der Waals surface area contributed by atoms with E-state index in [4.69, 9.17) is 4.52 Å². The number of rotatable bonds is 4. The zero-order valence-corrected chi connectivity index (χ0v) is 13.0. The average molecular weight is 348 g/mol. The molecule has 0 radical (unpaired) electrons. The number of nitro groups is 1. The number of amides is 1. The third kappa shape index (κ3) is 3.13. The van der Waals surface area contributed by atoms with Crippen LogP contribution in [-0.2, 0) is 0 Å². The van der Waals surface area contributed by atoms with Gasteiger partial charge in [-0.1, -0.05) is 17.3 Å². The van der Waals surface area contributed by atoms with Gasteiger partial charge < -0.3 is 4.52 Å². The Hall–Kier alpha value is -3.14. The first kappa shape index (κ1) is 15.7. The number of nitrogens with one attached hydrogen (secondary N) is 1. The summed E-state index contributed by atoms with van der Waals surface area (Å²) in [5.74, 6) is -0.809. The smallest absolute Gasteiger partial charge is 0.345 e. The minimum absolute atomic E-state index is 0.0520. The molecule has 0 saturated heterocycles. The highest BCUT2D eigenvalue weighted by atomic mass is 32.1. The lowest BCUT2D eigenvalue weighted by molar-refractivity contribution is -0.380. The zero-order valence-electron chi connectivity index (χ0n) is 12.1. The molecule has 122 valence electrons. The molecule has 1 aromatic carbocycles. The normalized spacial score (nSPS) is 10.6. The maximum absolute atomic E-state index is 13.6. The summed E-state index contributed by atoms with van der Waals surface area (Å²) >= 11 is 0.721. The molecule has 0 aliphatic carbocycles. The van der Waals surface area contributed by atoms with Gasteiger partial charge in [-0.05, 0) is 29.9 Å². The van der Waals surface area contributed by atoms with Crippen LogP contribution >= 0.6 is 11.3 Å². The molecule has 2 aromatic heterocycles. The van der Waals surface area contributed by atoms with Crippen molar-refractivity contribution in [2.45, 2.75) is 6.92 Å². The van der Waals surface area contributed by atoms with Crippen molar-refractivity contribution >= 4 is 27.4 Å². The van der Waals surface area contributed by atoms with Crippen LogP contribution < -0.4 is 5.32 Å². The van der Waals surface area contributed by atoms with Gasteiger partial charge in [0.15, 0.2) is 16.6 Å². The SMILES string of the molecule is Cc1ccc(-c2cc(C(=O)Nc3ncc([N+](=O)[O-])s3)no2)cc1F.